The number of aromatic nitrogens is 2. The van der Waals surface area contributed by atoms with Crippen molar-refractivity contribution in [3.63, 3.8) is 0 Å². The molecule has 0 N–H and O–H groups in total. The largest absolute Gasteiger partial charge is 0.543 e. The van der Waals surface area contributed by atoms with E-state index in [-0.39, 0.29) is 10.9 Å². The van der Waals surface area contributed by atoms with Gasteiger partial charge in [0.25, 0.3) is 8.32 Å². The van der Waals surface area contributed by atoms with Crippen molar-refractivity contribution >= 4 is 19.1 Å². The summed E-state index contributed by atoms with van der Waals surface area (Å²) in [4.78, 5) is 5.14. The highest BCUT2D eigenvalue weighted by Gasteiger charge is 2.40. The Bertz CT molecular complexity index is 2080. The molecule has 0 saturated heterocycles. The molecular formula is C38H33F5N2OSi. The summed E-state index contributed by atoms with van der Waals surface area (Å²) in [6.45, 7) is 9.87. The molecule has 1 heterocycles. The highest BCUT2D eigenvalue weighted by atomic mass is 28.4. The van der Waals surface area contributed by atoms with Crippen LogP contribution in [0.2, 0.25) is 18.1 Å². The number of rotatable bonds is 7. The van der Waals surface area contributed by atoms with Crippen LogP contribution in [-0.4, -0.2) is 17.9 Å². The maximum Gasteiger partial charge on any atom is 0.250 e. The van der Waals surface area contributed by atoms with Gasteiger partial charge in [0.2, 0.25) is 5.82 Å². The van der Waals surface area contributed by atoms with Gasteiger partial charge < -0.3 is 8.99 Å². The van der Waals surface area contributed by atoms with Crippen LogP contribution in [0.1, 0.15) is 26.3 Å². The quantitative estimate of drug-likeness (QED) is 0.0740. The number of halogens is 5. The Balaban J connectivity index is 1.76. The molecule has 0 radical (unpaired) electrons. The fraction of sp³-hybridized carbons (Fsp3) is 0.184. The van der Waals surface area contributed by atoms with Gasteiger partial charge in [0, 0.05) is 16.7 Å². The van der Waals surface area contributed by atoms with Crippen molar-refractivity contribution in [2.45, 2.75) is 45.4 Å². The number of benzene rings is 5. The lowest BCUT2D eigenvalue weighted by Crippen LogP contribution is -2.44. The summed E-state index contributed by atoms with van der Waals surface area (Å²) >= 11 is 0. The fourth-order valence-electron chi connectivity index (χ4n) is 5.43. The van der Waals surface area contributed by atoms with Gasteiger partial charge in [0.1, 0.15) is 11.6 Å². The summed E-state index contributed by atoms with van der Waals surface area (Å²) in [7, 11) is -2.46. The molecule has 0 bridgehead atoms. The topological polar surface area (TPSA) is 27.1 Å². The zero-order valence-corrected chi connectivity index (χ0v) is 27.6. The van der Waals surface area contributed by atoms with Gasteiger partial charge in [-0.3, -0.25) is 0 Å². The van der Waals surface area contributed by atoms with E-state index >= 15 is 8.78 Å². The Kier molecular flexibility index (Phi) is 8.30. The van der Waals surface area contributed by atoms with E-state index in [1.54, 1.807) is 0 Å². The molecule has 240 valence electrons. The molecule has 6 aromatic rings. The van der Waals surface area contributed by atoms with Crippen LogP contribution in [0.4, 0.5) is 22.0 Å². The van der Waals surface area contributed by atoms with E-state index in [1.807, 2.05) is 97.1 Å². The van der Waals surface area contributed by atoms with Crippen molar-refractivity contribution in [3.05, 3.63) is 132 Å². The molecule has 47 heavy (non-hydrogen) atoms. The van der Waals surface area contributed by atoms with Gasteiger partial charge in [0.15, 0.2) is 23.3 Å². The molecule has 0 aliphatic heterocycles. The Labute approximate surface area is 271 Å². The third-order valence-corrected chi connectivity index (χ3v) is 13.3. The van der Waals surface area contributed by atoms with E-state index < -0.39 is 49.5 Å². The standard InChI is InChI=1S/C38H33F5N2OSi/c1-38(2,3)47(4,5)46-28-21-20-23-14-12-13-19-26(23)29(28)37-44-35(24-15-8-6-9-16-24)36(25-17-10-7-11-18-25)45(37)22-27-30(39)32(41)34(43)33(42)31(27)40/h6-21H,22H2,1-5H3. The molecule has 0 unspecified atom stereocenters. The van der Waals surface area contributed by atoms with Crippen molar-refractivity contribution in [1.29, 1.82) is 0 Å². The van der Waals surface area contributed by atoms with Gasteiger partial charge in [-0.15, -0.1) is 0 Å². The second kappa shape index (κ2) is 12.1. The maximum atomic E-state index is 15.4. The highest BCUT2D eigenvalue weighted by molar-refractivity contribution is 6.74. The molecule has 0 spiro atoms. The lowest BCUT2D eigenvalue weighted by molar-refractivity contribution is 0.368. The molecule has 0 fully saturated rings. The molecule has 5 aromatic carbocycles. The molecule has 1 aromatic heterocycles. The third-order valence-electron chi connectivity index (χ3n) is 8.96. The van der Waals surface area contributed by atoms with E-state index in [2.05, 4.69) is 33.9 Å². The molecule has 0 saturated carbocycles. The summed E-state index contributed by atoms with van der Waals surface area (Å²) in [6, 6.07) is 29.7. The fourth-order valence-corrected chi connectivity index (χ4v) is 6.45. The predicted octanol–water partition coefficient (Wildman–Crippen LogP) is 11.2. The average molecular weight is 657 g/mol. The SMILES string of the molecule is CC(C)(C)[Si](C)(C)Oc1ccc2ccccc2c1-c1nc(-c2ccccc2)c(-c2ccccc2)n1Cc1c(F)c(F)c(F)c(F)c1F. The third kappa shape index (κ3) is 5.73. The van der Waals surface area contributed by atoms with Gasteiger partial charge in [-0.25, -0.2) is 26.9 Å². The molecule has 9 heteroatoms. The molecule has 0 aliphatic carbocycles. The first-order valence-electron chi connectivity index (χ1n) is 15.2. The number of nitrogens with zero attached hydrogens (tertiary/aromatic N) is 2. The Morgan fingerprint density at radius 1 is 0.660 bits per heavy atom. The Morgan fingerprint density at radius 3 is 1.79 bits per heavy atom. The molecular weight excluding hydrogens is 624 g/mol. The minimum Gasteiger partial charge on any atom is -0.543 e. The first kappa shape index (κ1) is 32.2. The summed E-state index contributed by atoms with van der Waals surface area (Å²) in [5.74, 6) is -9.22. The van der Waals surface area contributed by atoms with Gasteiger partial charge >= 0.3 is 0 Å². The Morgan fingerprint density at radius 2 is 1.19 bits per heavy atom. The van der Waals surface area contributed by atoms with Crippen LogP contribution >= 0.6 is 0 Å². The first-order chi connectivity index (χ1) is 22.3. The lowest BCUT2D eigenvalue weighted by Gasteiger charge is -2.37. The van der Waals surface area contributed by atoms with Crippen LogP contribution in [0.5, 0.6) is 5.75 Å². The Hall–Kier alpha value is -4.76. The van der Waals surface area contributed by atoms with Gasteiger partial charge in [-0.05, 0) is 35.0 Å². The van der Waals surface area contributed by atoms with Gasteiger partial charge in [-0.2, -0.15) is 0 Å². The van der Waals surface area contributed by atoms with Crippen molar-refractivity contribution in [1.82, 2.24) is 9.55 Å². The lowest BCUT2D eigenvalue weighted by atomic mass is 10.0. The minimum absolute atomic E-state index is 0.175. The average Bonchev–Trinajstić information content (AvgIpc) is 3.43. The van der Waals surface area contributed by atoms with E-state index in [4.69, 9.17) is 9.41 Å². The molecule has 0 amide bonds. The highest BCUT2D eigenvalue weighted by Crippen LogP contribution is 2.46. The molecule has 0 atom stereocenters. The molecule has 0 aliphatic rings. The molecule has 6 rings (SSSR count). The minimum atomic E-state index is -2.46. The first-order valence-corrected chi connectivity index (χ1v) is 18.1. The van der Waals surface area contributed by atoms with E-state index in [9.17, 15) is 13.2 Å². The predicted molar refractivity (Wildman–Crippen MR) is 179 cm³/mol. The summed E-state index contributed by atoms with van der Waals surface area (Å²) in [5, 5.41) is 1.44. The second-order valence-corrected chi connectivity index (χ2v) is 17.7. The van der Waals surface area contributed by atoms with Crippen LogP contribution in [0, 0.1) is 29.1 Å². The van der Waals surface area contributed by atoms with E-state index in [0.29, 0.717) is 33.8 Å². The van der Waals surface area contributed by atoms with Crippen molar-refractivity contribution in [2.75, 3.05) is 0 Å². The molecule has 3 nitrogen and oxygen atoms in total. The van der Waals surface area contributed by atoms with Crippen molar-refractivity contribution in [3.8, 4) is 39.7 Å². The van der Waals surface area contributed by atoms with Crippen molar-refractivity contribution in [2.24, 2.45) is 0 Å². The van der Waals surface area contributed by atoms with Crippen molar-refractivity contribution < 1.29 is 26.4 Å². The maximum absolute atomic E-state index is 15.4. The smallest absolute Gasteiger partial charge is 0.250 e. The van der Waals surface area contributed by atoms with Crippen LogP contribution < -0.4 is 4.43 Å². The van der Waals surface area contributed by atoms with E-state index in [0.717, 1.165) is 10.8 Å². The number of hydrogen-bond donors (Lipinski definition) is 0. The zero-order chi connectivity index (χ0) is 33.7. The van der Waals surface area contributed by atoms with E-state index in [1.165, 1.54) is 4.57 Å². The van der Waals surface area contributed by atoms with Crippen LogP contribution in [0.25, 0.3) is 44.7 Å². The van der Waals surface area contributed by atoms with Gasteiger partial charge in [-0.1, -0.05) is 112 Å². The number of fused-ring (bicyclic) bond motifs is 1. The monoisotopic (exact) mass is 656 g/mol. The summed E-state index contributed by atoms with van der Waals surface area (Å²) in [6.07, 6.45) is 0. The summed E-state index contributed by atoms with van der Waals surface area (Å²) < 4.78 is 82.6. The number of imidazole rings is 1. The number of hydrogen-bond acceptors (Lipinski definition) is 2. The van der Waals surface area contributed by atoms with Crippen LogP contribution in [0.15, 0.2) is 97.1 Å². The van der Waals surface area contributed by atoms with Crippen LogP contribution in [-0.2, 0) is 6.54 Å². The van der Waals surface area contributed by atoms with Gasteiger partial charge in [0.05, 0.1) is 23.5 Å². The zero-order valence-electron chi connectivity index (χ0n) is 26.6. The van der Waals surface area contributed by atoms with Crippen LogP contribution in [0.3, 0.4) is 0 Å². The normalized spacial score (nSPS) is 12.1. The summed E-state index contributed by atoms with van der Waals surface area (Å²) in [5.41, 5.74) is 1.85. The second-order valence-electron chi connectivity index (χ2n) is 13.0.